The summed E-state index contributed by atoms with van der Waals surface area (Å²) in [7, 11) is 0. The fourth-order valence-corrected chi connectivity index (χ4v) is 1.78. The molecular formula is C11H12BrF2N3. The molecule has 1 aliphatic carbocycles. The Bertz CT molecular complexity index is 458. The van der Waals surface area contributed by atoms with Crippen LogP contribution in [0.5, 0.6) is 0 Å². The topological polar surface area (TPSA) is 50.4 Å². The summed E-state index contributed by atoms with van der Waals surface area (Å²) >= 11 is 3.16. The molecule has 0 unspecified atom stereocenters. The van der Waals surface area contributed by atoms with Crippen LogP contribution >= 0.6 is 15.9 Å². The van der Waals surface area contributed by atoms with Gasteiger partial charge in [0.05, 0.1) is 6.54 Å². The van der Waals surface area contributed by atoms with Crippen LogP contribution in [0, 0.1) is 11.6 Å². The molecule has 3 N–H and O–H groups in total. The van der Waals surface area contributed by atoms with Crippen LogP contribution in [0.15, 0.2) is 21.6 Å². The van der Waals surface area contributed by atoms with Crippen molar-refractivity contribution in [3.05, 3.63) is 33.8 Å². The second kappa shape index (κ2) is 5.00. The average Bonchev–Trinajstić information content (AvgIpc) is 3.05. The van der Waals surface area contributed by atoms with Gasteiger partial charge in [0.1, 0.15) is 0 Å². The van der Waals surface area contributed by atoms with E-state index in [0.29, 0.717) is 22.0 Å². The number of nitrogens with one attached hydrogen (secondary N) is 1. The summed E-state index contributed by atoms with van der Waals surface area (Å²) in [6.07, 6.45) is 2.20. The zero-order valence-corrected chi connectivity index (χ0v) is 10.6. The molecule has 1 aromatic carbocycles. The fourth-order valence-electron chi connectivity index (χ4n) is 1.34. The molecule has 6 heteroatoms. The van der Waals surface area contributed by atoms with E-state index < -0.39 is 11.6 Å². The van der Waals surface area contributed by atoms with E-state index in [0.717, 1.165) is 25.0 Å². The lowest BCUT2D eigenvalue weighted by Crippen LogP contribution is -2.33. The van der Waals surface area contributed by atoms with Crippen LogP contribution < -0.4 is 11.1 Å². The lowest BCUT2D eigenvalue weighted by Gasteiger charge is -2.05. The van der Waals surface area contributed by atoms with Gasteiger partial charge in [0.25, 0.3) is 0 Å². The minimum absolute atomic E-state index is 0.212. The summed E-state index contributed by atoms with van der Waals surface area (Å²) in [4.78, 5) is 4.07. The lowest BCUT2D eigenvalue weighted by molar-refractivity contribution is 0.506. The third kappa shape index (κ3) is 3.39. The third-order valence-electron chi connectivity index (χ3n) is 2.44. The summed E-state index contributed by atoms with van der Waals surface area (Å²) in [6.45, 7) is 0.212. The molecule has 1 saturated carbocycles. The van der Waals surface area contributed by atoms with Crippen molar-refractivity contribution in [1.82, 2.24) is 5.32 Å². The van der Waals surface area contributed by atoms with E-state index in [1.807, 2.05) is 0 Å². The number of rotatable bonds is 3. The largest absolute Gasteiger partial charge is 0.370 e. The highest BCUT2D eigenvalue weighted by Crippen LogP contribution is 2.21. The van der Waals surface area contributed by atoms with Crippen molar-refractivity contribution in [2.24, 2.45) is 10.7 Å². The summed E-state index contributed by atoms with van der Waals surface area (Å²) < 4.78 is 26.4. The van der Waals surface area contributed by atoms with Gasteiger partial charge >= 0.3 is 0 Å². The molecule has 0 aliphatic heterocycles. The first-order valence-electron chi connectivity index (χ1n) is 5.26. The molecule has 3 nitrogen and oxygen atoms in total. The molecule has 17 heavy (non-hydrogen) atoms. The van der Waals surface area contributed by atoms with Crippen molar-refractivity contribution in [2.45, 2.75) is 25.4 Å². The third-order valence-corrected chi connectivity index (χ3v) is 3.18. The molecule has 0 spiro atoms. The second-order valence-corrected chi connectivity index (χ2v) is 4.83. The quantitative estimate of drug-likeness (QED) is 0.511. The number of hydrogen-bond acceptors (Lipinski definition) is 1. The number of nitrogens with zero attached hydrogens (tertiary/aromatic N) is 1. The minimum atomic E-state index is -0.882. The van der Waals surface area contributed by atoms with Crippen LogP contribution in [-0.4, -0.2) is 12.0 Å². The molecular weight excluding hydrogens is 292 g/mol. The first kappa shape index (κ1) is 12.3. The first-order valence-corrected chi connectivity index (χ1v) is 6.05. The van der Waals surface area contributed by atoms with E-state index in [1.165, 1.54) is 0 Å². The van der Waals surface area contributed by atoms with Crippen molar-refractivity contribution >= 4 is 21.9 Å². The molecule has 1 aromatic rings. The Balaban J connectivity index is 2.04. The van der Waals surface area contributed by atoms with Crippen LogP contribution in [0.25, 0.3) is 0 Å². The number of halogens is 3. The van der Waals surface area contributed by atoms with Gasteiger partial charge in [-0.15, -0.1) is 0 Å². The van der Waals surface area contributed by atoms with Crippen molar-refractivity contribution in [1.29, 1.82) is 0 Å². The van der Waals surface area contributed by atoms with Gasteiger partial charge in [-0.2, -0.15) is 0 Å². The molecule has 0 bridgehead atoms. The molecule has 0 amide bonds. The average molecular weight is 304 g/mol. The lowest BCUT2D eigenvalue weighted by atomic mass is 10.2. The van der Waals surface area contributed by atoms with Crippen molar-refractivity contribution in [2.75, 3.05) is 0 Å². The predicted molar refractivity (Wildman–Crippen MR) is 65.5 cm³/mol. The van der Waals surface area contributed by atoms with Crippen LogP contribution in [-0.2, 0) is 6.54 Å². The molecule has 92 valence electrons. The maximum absolute atomic E-state index is 13.0. The highest BCUT2D eigenvalue weighted by atomic mass is 79.9. The maximum Gasteiger partial charge on any atom is 0.189 e. The van der Waals surface area contributed by atoms with E-state index >= 15 is 0 Å². The Kier molecular flexibility index (Phi) is 3.61. The molecule has 0 heterocycles. The van der Waals surface area contributed by atoms with Gasteiger partial charge in [-0.05, 0) is 30.5 Å². The summed E-state index contributed by atoms with van der Waals surface area (Å²) in [5, 5.41) is 3.01. The molecule has 0 radical (unpaired) electrons. The van der Waals surface area contributed by atoms with E-state index in [9.17, 15) is 8.78 Å². The monoisotopic (exact) mass is 303 g/mol. The first-order chi connectivity index (χ1) is 8.06. The van der Waals surface area contributed by atoms with Crippen molar-refractivity contribution in [3.8, 4) is 0 Å². The maximum atomic E-state index is 13.0. The van der Waals surface area contributed by atoms with Crippen LogP contribution in [0.4, 0.5) is 8.78 Å². The highest BCUT2D eigenvalue weighted by Gasteiger charge is 2.21. The molecule has 1 fully saturated rings. The zero-order valence-electron chi connectivity index (χ0n) is 9.01. The summed E-state index contributed by atoms with van der Waals surface area (Å²) in [6, 6.07) is 2.63. The number of benzene rings is 1. The van der Waals surface area contributed by atoms with Crippen LogP contribution in [0.2, 0.25) is 0 Å². The van der Waals surface area contributed by atoms with E-state index in [1.54, 1.807) is 0 Å². The Morgan fingerprint density at radius 3 is 2.71 bits per heavy atom. The van der Waals surface area contributed by atoms with E-state index in [2.05, 4.69) is 26.2 Å². The Morgan fingerprint density at radius 2 is 2.06 bits per heavy atom. The van der Waals surface area contributed by atoms with Crippen molar-refractivity contribution in [3.63, 3.8) is 0 Å². The number of nitrogens with two attached hydrogens (primary N) is 1. The van der Waals surface area contributed by atoms with Crippen molar-refractivity contribution < 1.29 is 8.78 Å². The molecule has 0 saturated heterocycles. The fraction of sp³-hybridized carbons (Fsp3) is 0.364. The second-order valence-electron chi connectivity index (χ2n) is 3.98. The van der Waals surface area contributed by atoms with Crippen LogP contribution in [0.1, 0.15) is 18.4 Å². The minimum Gasteiger partial charge on any atom is -0.370 e. The van der Waals surface area contributed by atoms with Gasteiger partial charge in [0.2, 0.25) is 0 Å². The van der Waals surface area contributed by atoms with Gasteiger partial charge < -0.3 is 11.1 Å². The Morgan fingerprint density at radius 1 is 1.41 bits per heavy atom. The molecule has 0 aromatic heterocycles. The number of guanidine groups is 1. The summed E-state index contributed by atoms with van der Waals surface area (Å²) in [5.41, 5.74) is 6.20. The Hall–Kier alpha value is -1.17. The molecule has 0 atom stereocenters. The normalized spacial score (nSPS) is 16.1. The van der Waals surface area contributed by atoms with Gasteiger partial charge in [-0.3, -0.25) is 0 Å². The molecule has 1 aliphatic rings. The number of aliphatic imine (C=N–C) groups is 1. The summed E-state index contributed by atoms with van der Waals surface area (Å²) in [5.74, 6) is -1.43. The van der Waals surface area contributed by atoms with Crippen LogP contribution in [0.3, 0.4) is 0 Å². The van der Waals surface area contributed by atoms with Gasteiger partial charge in [-0.25, -0.2) is 13.8 Å². The SMILES string of the molecule is NC(=NCc1cc(F)c(F)cc1Br)NC1CC1. The number of hydrogen-bond donors (Lipinski definition) is 2. The zero-order chi connectivity index (χ0) is 12.4. The predicted octanol–water partition coefficient (Wildman–Crippen LogP) is 2.29. The van der Waals surface area contributed by atoms with Gasteiger partial charge in [0, 0.05) is 10.5 Å². The smallest absolute Gasteiger partial charge is 0.189 e. The van der Waals surface area contributed by atoms with Gasteiger partial charge in [-0.1, -0.05) is 15.9 Å². The Labute approximate surface area is 106 Å². The van der Waals surface area contributed by atoms with E-state index in [-0.39, 0.29) is 6.54 Å². The highest BCUT2D eigenvalue weighted by molar-refractivity contribution is 9.10. The van der Waals surface area contributed by atoms with Gasteiger partial charge in [0.15, 0.2) is 17.6 Å². The van der Waals surface area contributed by atoms with E-state index in [4.69, 9.17) is 5.73 Å². The molecule has 2 rings (SSSR count). The standard InChI is InChI=1S/C11H12BrF2N3/c12-8-4-10(14)9(13)3-6(8)5-16-11(15)17-7-1-2-7/h3-4,7H,1-2,5H2,(H3,15,16,17).